The summed E-state index contributed by atoms with van der Waals surface area (Å²) in [5, 5.41) is 16.8. The number of amides is 1. The fraction of sp³-hybridized carbons (Fsp3) is 0.150. The van der Waals surface area contributed by atoms with Crippen molar-refractivity contribution in [3.63, 3.8) is 0 Å². The standard InChI is InChI=1S/C20H18ClN3O4/c21-15-6-8-16(9-7-15)22-18(25)10-11-24-12-17(20(26)27)19(23-24)28-13-14-4-2-1-3-5-14/h1-9,12H,10-11,13H2,(H,22,25)(H,26,27). The van der Waals surface area contributed by atoms with E-state index in [1.165, 1.54) is 10.9 Å². The molecule has 1 aromatic heterocycles. The fourth-order valence-corrected chi connectivity index (χ4v) is 2.60. The van der Waals surface area contributed by atoms with Gasteiger partial charge in [0.15, 0.2) is 0 Å². The predicted molar refractivity (Wildman–Crippen MR) is 105 cm³/mol. The van der Waals surface area contributed by atoms with E-state index in [0.717, 1.165) is 5.56 Å². The monoisotopic (exact) mass is 399 g/mol. The summed E-state index contributed by atoms with van der Waals surface area (Å²) >= 11 is 5.81. The Morgan fingerprint density at radius 1 is 1.11 bits per heavy atom. The third-order valence-electron chi connectivity index (χ3n) is 3.87. The van der Waals surface area contributed by atoms with Crippen LogP contribution in [0.4, 0.5) is 5.69 Å². The number of ether oxygens (including phenoxy) is 1. The Hall–Kier alpha value is -3.32. The lowest BCUT2D eigenvalue weighted by Gasteiger charge is -2.06. The second-order valence-electron chi connectivity index (χ2n) is 6.00. The minimum absolute atomic E-state index is 0.0227. The van der Waals surface area contributed by atoms with Gasteiger partial charge in [-0.3, -0.25) is 9.48 Å². The number of aromatic nitrogens is 2. The van der Waals surface area contributed by atoms with E-state index in [1.54, 1.807) is 24.3 Å². The number of nitrogens with zero attached hydrogens (tertiary/aromatic N) is 2. The topological polar surface area (TPSA) is 93.5 Å². The van der Waals surface area contributed by atoms with Crippen molar-refractivity contribution in [2.45, 2.75) is 19.6 Å². The Morgan fingerprint density at radius 2 is 1.82 bits per heavy atom. The van der Waals surface area contributed by atoms with Gasteiger partial charge in [-0.15, -0.1) is 5.10 Å². The van der Waals surface area contributed by atoms with Gasteiger partial charge in [0.25, 0.3) is 0 Å². The lowest BCUT2D eigenvalue weighted by atomic mass is 10.2. The number of hydrogen-bond donors (Lipinski definition) is 2. The first-order valence-electron chi connectivity index (χ1n) is 8.54. The summed E-state index contributed by atoms with van der Waals surface area (Å²) in [6.45, 7) is 0.420. The van der Waals surface area contributed by atoms with Crippen LogP contribution in [0, 0.1) is 0 Å². The number of rotatable bonds is 8. The average Bonchev–Trinajstić information content (AvgIpc) is 3.11. The smallest absolute Gasteiger partial charge is 0.342 e. The van der Waals surface area contributed by atoms with E-state index < -0.39 is 5.97 Å². The summed E-state index contributed by atoms with van der Waals surface area (Å²) in [5.74, 6) is -1.34. The molecule has 2 aromatic carbocycles. The Morgan fingerprint density at radius 3 is 2.50 bits per heavy atom. The number of aryl methyl sites for hydroxylation is 1. The summed E-state index contributed by atoms with van der Waals surface area (Å²) in [7, 11) is 0. The highest BCUT2D eigenvalue weighted by molar-refractivity contribution is 6.30. The first kappa shape index (κ1) is 19.4. The number of carbonyl (C=O) groups is 2. The van der Waals surface area contributed by atoms with Crippen LogP contribution in [-0.2, 0) is 17.9 Å². The minimum Gasteiger partial charge on any atom is -0.477 e. The van der Waals surface area contributed by atoms with Gasteiger partial charge in [0.2, 0.25) is 11.8 Å². The van der Waals surface area contributed by atoms with Crippen molar-refractivity contribution in [2.24, 2.45) is 0 Å². The van der Waals surface area contributed by atoms with Crippen LogP contribution in [0.3, 0.4) is 0 Å². The van der Waals surface area contributed by atoms with Crippen molar-refractivity contribution in [1.29, 1.82) is 0 Å². The molecule has 0 fully saturated rings. The minimum atomic E-state index is -1.14. The van der Waals surface area contributed by atoms with Gasteiger partial charge in [-0.2, -0.15) is 0 Å². The van der Waals surface area contributed by atoms with Crippen molar-refractivity contribution < 1.29 is 19.4 Å². The van der Waals surface area contributed by atoms with Gasteiger partial charge in [0, 0.05) is 29.9 Å². The highest BCUT2D eigenvalue weighted by atomic mass is 35.5. The van der Waals surface area contributed by atoms with Crippen LogP contribution in [0.25, 0.3) is 0 Å². The number of nitrogens with one attached hydrogen (secondary N) is 1. The molecule has 0 saturated heterocycles. The van der Waals surface area contributed by atoms with Crippen LogP contribution in [-0.4, -0.2) is 26.8 Å². The van der Waals surface area contributed by atoms with Gasteiger partial charge >= 0.3 is 5.97 Å². The largest absolute Gasteiger partial charge is 0.477 e. The van der Waals surface area contributed by atoms with Gasteiger partial charge in [0.1, 0.15) is 12.2 Å². The van der Waals surface area contributed by atoms with E-state index in [9.17, 15) is 14.7 Å². The van der Waals surface area contributed by atoms with E-state index in [4.69, 9.17) is 16.3 Å². The lowest BCUT2D eigenvalue weighted by Crippen LogP contribution is -2.14. The zero-order valence-corrected chi connectivity index (χ0v) is 15.6. The molecule has 3 rings (SSSR count). The second kappa shape index (κ2) is 9.05. The van der Waals surface area contributed by atoms with Crippen LogP contribution in [0.15, 0.2) is 60.8 Å². The van der Waals surface area contributed by atoms with Crippen LogP contribution in [0.1, 0.15) is 22.3 Å². The van der Waals surface area contributed by atoms with Gasteiger partial charge < -0.3 is 15.2 Å². The van der Waals surface area contributed by atoms with E-state index in [0.29, 0.717) is 10.7 Å². The number of aromatic carboxylic acids is 1. The molecule has 3 aromatic rings. The molecular weight excluding hydrogens is 382 g/mol. The number of carbonyl (C=O) groups excluding carboxylic acids is 1. The summed E-state index contributed by atoms with van der Waals surface area (Å²) in [5.41, 5.74) is 1.48. The van der Waals surface area contributed by atoms with Gasteiger partial charge in [-0.25, -0.2) is 4.79 Å². The maximum Gasteiger partial charge on any atom is 0.342 e. The quantitative estimate of drug-likeness (QED) is 0.600. The molecule has 1 heterocycles. The van der Waals surface area contributed by atoms with E-state index in [1.807, 2.05) is 30.3 Å². The Balaban J connectivity index is 1.59. The summed E-state index contributed by atoms with van der Waals surface area (Å²) < 4.78 is 6.95. The first-order chi connectivity index (χ1) is 13.5. The Bertz CT molecular complexity index is 955. The third-order valence-corrected chi connectivity index (χ3v) is 4.12. The van der Waals surface area contributed by atoms with Crippen molar-refractivity contribution in [3.8, 4) is 5.88 Å². The third kappa shape index (κ3) is 5.34. The second-order valence-corrected chi connectivity index (χ2v) is 6.43. The summed E-state index contributed by atoms with van der Waals surface area (Å²) in [4.78, 5) is 23.5. The number of anilines is 1. The highest BCUT2D eigenvalue weighted by Crippen LogP contribution is 2.18. The normalized spacial score (nSPS) is 10.5. The maximum absolute atomic E-state index is 12.1. The molecule has 0 saturated carbocycles. The molecule has 2 N–H and O–H groups in total. The first-order valence-corrected chi connectivity index (χ1v) is 8.92. The van der Waals surface area contributed by atoms with Crippen molar-refractivity contribution in [3.05, 3.63) is 76.9 Å². The average molecular weight is 400 g/mol. The van der Waals surface area contributed by atoms with Crippen LogP contribution >= 0.6 is 11.6 Å². The molecule has 7 nitrogen and oxygen atoms in total. The molecule has 1 amide bonds. The number of benzene rings is 2. The van der Waals surface area contributed by atoms with E-state index in [-0.39, 0.29) is 36.9 Å². The zero-order chi connectivity index (χ0) is 19.9. The Labute approximate surface area is 166 Å². The number of hydrogen-bond acceptors (Lipinski definition) is 4. The number of carboxylic acids is 1. The summed E-state index contributed by atoms with van der Waals surface area (Å²) in [6.07, 6.45) is 1.49. The van der Waals surface area contributed by atoms with Crippen LogP contribution in [0.2, 0.25) is 5.02 Å². The molecule has 0 aliphatic rings. The maximum atomic E-state index is 12.1. The molecule has 0 radical (unpaired) electrons. The van der Waals surface area contributed by atoms with E-state index in [2.05, 4.69) is 10.4 Å². The summed E-state index contributed by atoms with van der Waals surface area (Å²) in [6, 6.07) is 16.1. The SMILES string of the molecule is O=C(CCn1cc(C(=O)O)c(OCc2ccccc2)n1)Nc1ccc(Cl)cc1. The molecule has 0 atom stereocenters. The van der Waals surface area contributed by atoms with Crippen molar-refractivity contribution in [1.82, 2.24) is 9.78 Å². The zero-order valence-electron chi connectivity index (χ0n) is 14.8. The van der Waals surface area contributed by atoms with Gasteiger partial charge in [0.05, 0.1) is 0 Å². The molecular formula is C20H18ClN3O4. The molecule has 0 spiro atoms. The molecule has 0 aliphatic heterocycles. The predicted octanol–water partition coefficient (Wildman–Crippen LogP) is 3.84. The van der Waals surface area contributed by atoms with Crippen molar-refractivity contribution >= 4 is 29.2 Å². The molecule has 8 heteroatoms. The van der Waals surface area contributed by atoms with Crippen LogP contribution in [0.5, 0.6) is 5.88 Å². The number of halogens is 1. The lowest BCUT2D eigenvalue weighted by molar-refractivity contribution is -0.116. The molecule has 0 unspecified atom stereocenters. The van der Waals surface area contributed by atoms with Crippen LogP contribution < -0.4 is 10.1 Å². The van der Waals surface area contributed by atoms with E-state index >= 15 is 0 Å². The molecule has 28 heavy (non-hydrogen) atoms. The molecule has 0 aliphatic carbocycles. The van der Waals surface area contributed by atoms with Crippen molar-refractivity contribution in [2.75, 3.05) is 5.32 Å². The van der Waals surface area contributed by atoms with Gasteiger partial charge in [-0.1, -0.05) is 41.9 Å². The van der Waals surface area contributed by atoms with Gasteiger partial charge in [-0.05, 0) is 29.8 Å². The number of carboxylic acid groups (broad SMARTS) is 1. The fourth-order valence-electron chi connectivity index (χ4n) is 2.47. The molecule has 144 valence electrons. The molecule has 0 bridgehead atoms. The Kier molecular flexibility index (Phi) is 6.29. The highest BCUT2D eigenvalue weighted by Gasteiger charge is 2.17.